The van der Waals surface area contributed by atoms with Crippen LogP contribution in [-0.4, -0.2) is 35.7 Å². The fourth-order valence-corrected chi connectivity index (χ4v) is 3.60. The van der Waals surface area contributed by atoms with E-state index < -0.39 is 5.69 Å². The lowest BCUT2D eigenvalue weighted by Crippen LogP contribution is -2.20. The number of aromatic nitrogens is 5. The molecule has 4 aromatic heterocycles. The molecule has 0 unspecified atom stereocenters. The molecule has 0 atom stereocenters. The number of aryl methyl sites for hydroxylation is 1. The van der Waals surface area contributed by atoms with Gasteiger partial charge in [0.15, 0.2) is 11.1 Å². The molecule has 0 aliphatic rings. The zero-order valence-corrected chi connectivity index (χ0v) is 15.8. The number of hydrogen-bond donors (Lipinski definition) is 3. The van der Waals surface area contributed by atoms with Crippen molar-refractivity contribution in [2.24, 2.45) is 4.99 Å². The summed E-state index contributed by atoms with van der Waals surface area (Å²) in [6.07, 6.45) is 3.26. The Labute approximate surface area is 157 Å². The Morgan fingerprint density at radius 3 is 2.78 bits per heavy atom. The van der Waals surface area contributed by atoms with E-state index in [1.807, 2.05) is 26.0 Å². The zero-order valence-electron chi connectivity index (χ0n) is 15.0. The highest BCUT2D eigenvalue weighted by molar-refractivity contribution is 7.15. The first-order chi connectivity index (χ1) is 12.9. The van der Waals surface area contributed by atoms with Gasteiger partial charge < -0.3 is 10.1 Å². The van der Waals surface area contributed by atoms with Gasteiger partial charge in [0.1, 0.15) is 5.69 Å². The fourth-order valence-electron chi connectivity index (χ4n) is 2.77. The van der Waals surface area contributed by atoms with E-state index in [1.54, 1.807) is 28.1 Å². The van der Waals surface area contributed by atoms with Crippen LogP contribution < -0.4 is 16.4 Å². The highest BCUT2D eigenvalue weighted by atomic mass is 32.1. The molecule has 3 N–H and O–H groups in total. The summed E-state index contributed by atoms with van der Waals surface area (Å²) in [6, 6.07) is 6.10. The highest BCUT2D eigenvalue weighted by Gasteiger charge is 2.10. The average Bonchev–Trinajstić information content (AvgIpc) is 3.27. The topological polar surface area (TPSA) is 111 Å². The Hall–Kier alpha value is -3.20. The molecule has 0 radical (unpaired) electrons. The first kappa shape index (κ1) is 17.2. The van der Waals surface area contributed by atoms with Gasteiger partial charge >= 0.3 is 5.69 Å². The van der Waals surface area contributed by atoms with Gasteiger partial charge in [-0.15, -0.1) is 11.3 Å². The number of aromatic amines is 2. The van der Waals surface area contributed by atoms with Crippen LogP contribution in [0.25, 0.3) is 22.3 Å². The fraction of sp³-hybridized carbons (Fsp3) is 0.222. The molecule has 138 valence electrons. The molecular weight excluding hydrogens is 364 g/mol. The van der Waals surface area contributed by atoms with E-state index in [0.717, 1.165) is 10.6 Å². The summed E-state index contributed by atoms with van der Waals surface area (Å²) in [4.78, 5) is 27.9. The number of hydrogen-bond acceptors (Lipinski definition) is 6. The average molecular weight is 382 g/mol. The predicted molar refractivity (Wildman–Crippen MR) is 104 cm³/mol. The number of H-pyrrole nitrogens is 2. The second kappa shape index (κ2) is 6.51. The molecule has 9 heteroatoms. The van der Waals surface area contributed by atoms with Gasteiger partial charge in [0, 0.05) is 22.2 Å². The first-order valence-electron chi connectivity index (χ1n) is 8.43. The van der Waals surface area contributed by atoms with Gasteiger partial charge in [-0.25, -0.2) is 9.78 Å². The molecule has 0 aliphatic carbocycles. The molecule has 0 aliphatic heterocycles. The van der Waals surface area contributed by atoms with Crippen LogP contribution in [0, 0.1) is 6.92 Å². The van der Waals surface area contributed by atoms with Crippen LogP contribution in [0.5, 0.6) is 5.88 Å². The van der Waals surface area contributed by atoms with Crippen LogP contribution in [0.15, 0.2) is 34.2 Å². The quantitative estimate of drug-likeness (QED) is 0.496. The van der Waals surface area contributed by atoms with Crippen LogP contribution in [0.1, 0.15) is 24.4 Å². The van der Waals surface area contributed by atoms with Gasteiger partial charge in [-0.05, 0) is 39.0 Å². The largest absolute Gasteiger partial charge is 0.493 e. The molecule has 4 rings (SSSR count). The second-order valence-corrected chi connectivity index (χ2v) is 7.74. The van der Waals surface area contributed by atoms with E-state index in [9.17, 15) is 9.90 Å². The van der Waals surface area contributed by atoms with E-state index in [-0.39, 0.29) is 17.6 Å². The molecule has 4 heterocycles. The van der Waals surface area contributed by atoms with Crippen LogP contribution in [0.2, 0.25) is 0 Å². The molecule has 0 saturated carbocycles. The smallest absolute Gasteiger partial charge is 0.326 e. The van der Waals surface area contributed by atoms with E-state index in [4.69, 9.17) is 4.98 Å². The maximum Gasteiger partial charge on any atom is 0.326 e. The van der Waals surface area contributed by atoms with Crippen molar-refractivity contribution in [1.29, 1.82) is 0 Å². The van der Waals surface area contributed by atoms with Gasteiger partial charge in [0.05, 0.1) is 16.8 Å². The van der Waals surface area contributed by atoms with Gasteiger partial charge in [-0.3, -0.25) is 9.98 Å². The molecule has 0 saturated heterocycles. The summed E-state index contributed by atoms with van der Waals surface area (Å²) in [5.41, 5.74) is 1.90. The van der Waals surface area contributed by atoms with Crippen molar-refractivity contribution in [2.75, 3.05) is 0 Å². The number of nitrogens with zero attached hydrogens (tertiary/aromatic N) is 4. The van der Waals surface area contributed by atoms with E-state index >= 15 is 0 Å². The van der Waals surface area contributed by atoms with E-state index in [1.165, 1.54) is 4.88 Å². The molecule has 0 amide bonds. The molecule has 0 fully saturated rings. The lowest BCUT2D eigenvalue weighted by molar-refractivity contribution is 0.454. The van der Waals surface area contributed by atoms with E-state index in [2.05, 4.69) is 33.0 Å². The van der Waals surface area contributed by atoms with Crippen molar-refractivity contribution in [3.8, 4) is 16.5 Å². The summed E-state index contributed by atoms with van der Waals surface area (Å²) in [7, 11) is 0. The third-order valence-electron chi connectivity index (χ3n) is 3.90. The number of thiophene rings is 1. The Balaban J connectivity index is 2.03. The maximum absolute atomic E-state index is 11.4. The summed E-state index contributed by atoms with van der Waals surface area (Å²) >= 11 is 1.66. The maximum atomic E-state index is 11.4. The highest BCUT2D eigenvalue weighted by Crippen LogP contribution is 2.25. The molecule has 0 bridgehead atoms. The third kappa shape index (κ3) is 3.28. The third-order valence-corrected chi connectivity index (χ3v) is 4.92. The molecule has 27 heavy (non-hydrogen) atoms. The van der Waals surface area contributed by atoms with Crippen molar-refractivity contribution in [3.63, 3.8) is 0 Å². The first-order valence-corrected chi connectivity index (χ1v) is 9.25. The summed E-state index contributed by atoms with van der Waals surface area (Å²) < 4.78 is 1.66. The molecule has 8 nitrogen and oxygen atoms in total. The number of imidazole rings is 1. The van der Waals surface area contributed by atoms with Crippen molar-refractivity contribution in [2.45, 2.75) is 26.8 Å². The Morgan fingerprint density at radius 1 is 1.33 bits per heavy atom. The predicted octanol–water partition coefficient (Wildman–Crippen LogP) is 1.35. The van der Waals surface area contributed by atoms with Gasteiger partial charge in [0.25, 0.3) is 0 Å². The summed E-state index contributed by atoms with van der Waals surface area (Å²) in [5, 5.41) is 14.9. The second-order valence-electron chi connectivity index (χ2n) is 6.45. The minimum Gasteiger partial charge on any atom is -0.493 e. The minimum atomic E-state index is -0.478. The Bertz CT molecular complexity index is 1310. The Kier molecular flexibility index (Phi) is 4.15. The van der Waals surface area contributed by atoms with Gasteiger partial charge in [0.2, 0.25) is 5.88 Å². The molecule has 0 aromatic carbocycles. The summed E-state index contributed by atoms with van der Waals surface area (Å²) in [6.45, 7) is 6.05. The zero-order chi connectivity index (χ0) is 19.1. The van der Waals surface area contributed by atoms with Crippen LogP contribution >= 0.6 is 11.3 Å². The number of rotatable bonds is 3. The van der Waals surface area contributed by atoms with Gasteiger partial charge in [-0.1, -0.05) is 0 Å². The van der Waals surface area contributed by atoms with Crippen LogP contribution in [0.4, 0.5) is 0 Å². The number of aromatic hydroxyl groups is 1. The Morgan fingerprint density at radius 2 is 2.15 bits per heavy atom. The lowest BCUT2D eigenvalue weighted by atomic mass is 10.3. The monoisotopic (exact) mass is 382 g/mol. The van der Waals surface area contributed by atoms with Crippen molar-refractivity contribution in [1.82, 2.24) is 24.6 Å². The molecule has 0 spiro atoms. The normalized spacial score (nSPS) is 13.3. The van der Waals surface area contributed by atoms with Crippen LogP contribution in [0.3, 0.4) is 0 Å². The van der Waals surface area contributed by atoms with Crippen LogP contribution in [-0.2, 0) is 0 Å². The summed E-state index contributed by atoms with van der Waals surface area (Å²) in [5.74, 6) is -0.225. The molecular formula is C18H18N6O2S. The lowest BCUT2D eigenvalue weighted by Gasteiger charge is -2.02. The minimum absolute atomic E-state index is 0.0928. The van der Waals surface area contributed by atoms with Crippen molar-refractivity contribution in [3.05, 3.63) is 56.2 Å². The van der Waals surface area contributed by atoms with E-state index in [0.29, 0.717) is 16.4 Å². The SMILES string of the molecule is Cc1ccc(-c2cc(=NC(C)C)n3ncc(=Cc4[nH]c(=O)[nH]c4O)c3n2)s1. The number of fused-ring (bicyclic) bond motifs is 1. The number of nitrogens with one attached hydrogen (secondary N) is 2. The van der Waals surface area contributed by atoms with Gasteiger partial charge in [-0.2, -0.15) is 9.61 Å². The molecule has 4 aromatic rings. The van der Waals surface area contributed by atoms with Crippen molar-refractivity contribution >= 4 is 23.1 Å². The standard InChI is InChI=1S/C18H18N6O2S/c1-9(2)20-15-7-12(14-5-4-10(3)27-14)21-16-11(8-19-24(15)16)6-13-17(25)23-18(26)22-13/h4-9,25H,1-3H3,(H2,22,23,26). The van der Waals surface area contributed by atoms with Crippen molar-refractivity contribution < 1.29 is 5.11 Å².